The molecule has 0 bridgehead atoms. The van der Waals surface area contributed by atoms with Gasteiger partial charge in [0.05, 0.1) is 12.8 Å². The smallest absolute Gasteiger partial charge is 0.281 e. The van der Waals surface area contributed by atoms with E-state index in [1.165, 1.54) is 0 Å². The van der Waals surface area contributed by atoms with Crippen molar-refractivity contribution in [1.82, 2.24) is 0 Å². The van der Waals surface area contributed by atoms with Crippen LogP contribution in [0, 0.1) is 0 Å². The molecular formula is C18H15NO3. The Morgan fingerprint density at radius 2 is 1.64 bits per heavy atom. The molecule has 0 atom stereocenters. The second-order valence-corrected chi connectivity index (χ2v) is 4.88. The van der Waals surface area contributed by atoms with Gasteiger partial charge in [0.15, 0.2) is 0 Å². The maximum Gasteiger partial charge on any atom is 0.281 e. The molecule has 110 valence electrons. The van der Waals surface area contributed by atoms with Crippen LogP contribution < -0.4 is 9.80 Å². The predicted octanol–water partition coefficient (Wildman–Crippen LogP) is 3.88. The topological polar surface area (TPSA) is 49.8 Å². The van der Waals surface area contributed by atoms with Crippen LogP contribution in [0.15, 0.2) is 66.7 Å². The minimum atomic E-state index is -0.488. The van der Waals surface area contributed by atoms with Gasteiger partial charge >= 0.3 is 0 Å². The highest BCUT2D eigenvalue weighted by Crippen LogP contribution is 2.23. The molecule has 0 saturated heterocycles. The minimum absolute atomic E-state index is 0.386. The van der Waals surface area contributed by atoms with E-state index in [2.05, 4.69) is 0 Å². The number of carbonyl (C=O) groups excluding carboxylic acids is 1. The Morgan fingerprint density at radius 3 is 2.32 bits per heavy atom. The van der Waals surface area contributed by atoms with Gasteiger partial charge in [-0.15, -0.1) is 0 Å². The van der Waals surface area contributed by atoms with E-state index >= 15 is 0 Å². The van der Waals surface area contributed by atoms with Crippen molar-refractivity contribution in [2.45, 2.75) is 0 Å². The van der Waals surface area contributed by atoms with Crippen LogP contribution in [0.3, 0.4) is 0 Å². The summed E-state index contributed by atoms with van der Waals surface area (Å²) in [6.45, 7) is 0. The molecule has 0 fully saturated rings. The Balaban J connectivity index is 1.90. The number of ether oxygens (including phenoxy) is 1. The average molecular weight is 293 g/mol. The first-order valence-electron chi connectivity index (χ1n) is 6.85. The van der Waals surface area contributed by atoms with E-state index in [1.807, 2.05) is 30.3 Å². The van der Waals surface area contributed by atoms with Crippen LogP contribution in [0.4, 0.5) is 5.69 Å². The third-order valence-electron chi connectivity index (χ3n) is 3.51. The van der Waals surface area contributed by atoms with Gasteiger partial charge < -0.3 is 4.74 Å². The molecule has 3 aromatic carbocycles. The summed E-state index contributed by atoms with van der Waals surface area (Å²) in [6.07, 6.45) is 0. The second-order valence-electron chi connectivity index (χ2n) is 4.88. The number of anilines is 1. The summed E-state index contributed by atoms with van der Waals surface area (Å²) in [5.41, 5.74) is 0.816. The van der Waals surface area contributed by atoms with Gasteiger partial charge in [0, 0.05) is 5.56 Å². The fourth-order valence-electron chi connectivity index (χ4n) is 2.28. The van der Waals surface area contributed by atoms with Gasteiger partial charge in [0.1, 0.15) is 5.75 Å². The van der Waals surface area contributed by atoms with Crippen LogP contribution in [-0.2, 0) is 0 Å². The summed E-state index contributed by atoms with van der Waals surface area (Å²) in [4.78, 5) is 12.3. The van der Waals surface area contributed by atoms with E-state index in [1.54, 1.807) is 43.5 Å². The molecule has 22 heavy (non-hydrogen) atoms. The lowest BCUT2D eigenvalue weighted by Crippen LogP contribution is -2.26. The van der Waals surface area contributed by atoms with E-state index in [0.717, 1.165) is 10.8 Å². The number of hydrogen-bond acceptors (Lipinski definition) is 3. The SMILES string of the molecule is COc1ccc(C(=O)N(O)c2ccc3ccccc3c2)cc1. The van der Waals surface area contributed by atoms with Crippen molar-refractivity contribution < 1.29 is 14.7 Å². The number of carbonyl (C=O) groups is 1. The number of amides is 1. The third-order valence-corrected chi connectivity index (χ3v) is 3.51. The Hall–Kier alpha value is -2.85. The average Bonchev–Trinajstić information content (AvgIpc) is 2.60. The van der Waals surface area contributed by atoms with Gasteiger partial charge in [-0.1, -0.05) is 30.3 Å². The molecule has 0 aromatic heterocycles. The van der Waals surface area contributed by atoms with Gasteiger partial charge in [0.2, 0.25) is 0 Å². The zero-order chi connectivity index (χ0) is 15.5. The first-order chi connectivity index (χ1) is 10.7. The van der Waals surface area contributed by atoms with Crippen LogP contribution >= 0.6 is 0 Å². The Kier molecular flexibility index (Phi) is 3.76. The maximum absolute atomic E-state index is 12.3. The highest BCUT2D eigenvalue weighted by Gasteiger charge is 2.16. The summed E-state index contributed by atoms with van der Waals surface area (Å²) >= 11 is 0. The first-order valence-corrected chi connectivity index (χ1v) is 6.85. The first kappa shape index (κ1) is 14.1. The van der Waals surface area contributed by atoms with E-state index < -0.39 is 5.91 Å². The summed E-state index contributed by atoms with van der Waals surface area (Å²) in [7, 11) is 1.56. The number of fused-ring (bicyclic) bond motifs is 1. The molecule has 0 heterocycles. The number of benzene rings is 3. The van der Waals surface area contributed by atoms with Crippen LogP contribution in [-0.4, -0.2) is 18.2 Å². The van der Waals surface area contributed by atoms with Crippen LogP contribution in [0.5, 0.6) is 5.75 Å². The lowest BCUT2D eigenvalue weighted by atomic mass is 10.1. The second kappa shape index (κ2) is 5.87. The third kappa shape index (κ3) is 2.64. The minimum Gasteiger partial charge on any atom is -0.497 e. The Labute approximate surface area is 128 Å². The fourth-order valence-corrected chi connectivity index (χ4v) is 2.28. The zero-order valence-electron chi connectivity index (χ0n) is 12.1. The highest BCUT2D eigenvalue weighted by molar-refractivity contribution is 6.05. The Morgan fingerprint density at radius 1 is 0.955 bits per heavy atom. The zero-order valence-corrected chi connectivity index (χ0v) is 12.1. The number of hydrogen-bond donors (Lipinski definition) is 1. The predicted molar refractivity (Wildman–Crippen MR) is 85.5 cm³/mol. The van der Waals surface area contributed by atoms with Crippen molar-refractivity contribution in [3.63, 3.8) is 0 Å². The highest BCUT2D eigenvalue weighted by atomic mass is 16.5. The number of hydroxylamine groups is 1. The van der Waals surface area contributed by atoms with Crippen LogP contribution in [0.2, 0.25) is 0 Å². The molecule has 0 unspecified atom stereocenters. The van der Waals surface area contributed by atoms with Crippen molar-refractivity contribution in [3.05, 3.63) is 72.3 Å². The molecule has 0 aliphatic heterocycles. The maximum atomic E-state index is 12.3. The van der Waals surface area contributed by atoms with E-state index in [4.69, 9.17) is 4.74 Å². The van der Waals surface area contributed by atoms with Crippen molar-refractivity contribution >= 4 is 22.4 Å². The molecule has 4 nitrogen and oxygen atoms in total. The van der Waals surface area contributed by atoms with E-state index in [-0.39, 0.29) is 0 Å². The molecule has 0 saturated carbocycles. The van der Waals surface area contributed by atoms with Gasteiger partial charge in [0.25, 0.3) is 5.91 Å². The summed E-state index contributed by atoms with van der Waals surface area (Å²) in [5.74, 6) is 0.171. The van der Waals surface area contributed by atoms with Crippen LogP contribution in [0.25, 0.3) is 10.8 Å². The largest absolute Gasteiger partial charge is 0.497 e. The molecule has 1 N–H and O–H groups in total. The number of rotatable bonds is 3. The standard InChI is InChI=1S/C18H15NO3/c1-22-17-10-7-14(8-11-17)18(20)19(21)16-9-6-13-4-2-3-5-15(13)12-16/h2-12,21H,1H3. The summed E-state index contributed by atoms with van der Waals surface area (Å²) in [5, 5.41) is 12.9. The molecule has 1 amide bonds. The van der Waals surface area contributed by atoms with Crippen molar-refractivity contribution in [1.29, 1.82) is 0 Å². The van der Waals surface area contributed by atoms with Gasteiger partial charge in [-0.25, -0.2) is 0 Å². The van der Waals surface area contributed by atoms with E-state index in [9.17, 15) is 10.0 Å². The molecule has 4 heteroatoms. The number of methoxy groups -OCH3 is 1. The molecular weight excluding hydrogens is 278 g/mol. The summed E-state index contributed by atoms with van der Waals surface area (Å²) in [6, 6.07) is 19.7. The fraction of sp³-hybridized carbons (Fsp3) is 0.0556. The lowest BCUT2D eigenvalue weighted by Gasteiger charge is -2.16. The summed E-state index contributed by atoms with van der Waals surface area (Å²) < 4.78 is 5.05. The number of nitrogens with zero attached hydrogens (tertiary/aromatic N) is 1. The molecule has 3 rings (SSSR count). The normalized spacial score (nSPS) is 10.5. The van der Waals surface area contributed by atoms with E-state index in [0.29, 0.717) is 22.1 Å². The van der Waals surface area contributed by atoms with Gasteiger partial charge in [-0.2, -0.15) is 5.06 Å². The van der Waals surface area contributed by atoms with Gasteiger partial charge in [-0.3, -0.25) is 10.0 Å². The molecule has 0 aliphatic carbocycles. The van der Waals surface area contributed by atoms with Crippen molar-refractivity contribution in [3.8, 4) is 5.75 Å². The molecule has 0 spiro atoms. The Bertz CT molecular complexity index is 812. The molecule has 0 aliphatic rings. The lowest BCUT2D eigenvalue weighted by molar-refractivity contribution is 0.0855. The van der Waals surface area contributed by atoms with Gasteiger partial charge in [-0.05, 0) is 47.2 Å². The van der Waals surface area contributed by atoms with Crippen molar-refractivity contribution in [2.75, 3.05) is 12.2 Å². The molecule has 3 aromatic rings. The quantitative estimate of drug-likeness (QED) is 0.589. The van der Waals surface area contributed by atoms with Crippen molar-refractivity contribution in [2.24, 2.45) is 0 Å². The monoisotopic (exact) mass is 293 g/mol. The van der Waals surface area contributed by atoms with Crippen LogP contribution in [0.1, 0.15) is 10.4 Å². The molecule has 0 radical (unpaired) electrons.